The summed E-state index contributed by atoms with van der Waals surface area (Å²) >= 11 is 0. The quantitative estimate of drug-likeness (QED) is 0.615. The van der Waals surface area contributed by atoms with Gasteiger partial charge in [0.1, 0.15) is 5.82 Å². The van der Waals surface area contributed by atoms with Crippen molar-refractivity contribution < 1.29 is 13.9 Å². The third kappa shape index (κ3) is 6.37. The van der Waals surface area contributed by atoms with Crippen LogP contribution in [0.25, 0.3) is 0 Å². The number of ether oxygens (including phenoxy) is 1. The normalized spacial score (nSPS) is 20.2. The van der Waals surface area contributed by atoms with Crippen molar-refractivity contribution in [3.8, 4) is 0 Å². The van der Waals surface area contributed by atoms with Crippen molar-refractivity contribution in [2.45, 2.75) is 51.3 Å². The highest BCUT2D eigenvalue weighted by atomic mass is 19.1. The van der Waals surface area contributed by atoms with Gasteiger partial charge in [-0.2, -0.15) is 5.10 Å². The number of aryl methyl sites for hydroxylation is 1. The highest BCUT2D eigenvalue weighted by Crippen LogP contribution is 2.23. The highest BCUT2D eigenvalue weighted by Gasteiger charge is 2.27. The van der Waals surface area contributed by atoms with Crippen LogP contribution in [-0.4, -0.2) is 64.4 Å². The number of benzene rings is 1. The highest BCUT2D eigenvalue weighted by molar-refractivity contribution is 5.76. The van der Waals surface area contributed by atoms with Gasteiger partial charge in [-0.3, -0.25) is 14.4 Å². The van der Waals surface area contributed by atoms with Crippen LogP contribution in [0.3, 0.4) is 0 Å². The number of hydrogen-bond donors (Lipinski definition) is 0. The van der Waals surface area contributed by atoms with Gasteiger partial charge in [0, 0.05) is 57.2 Å². The van der Waals surface area contributed by atoms with E-state index < -0.39 is 0 Å². The zero-order valence-electron chi connectivity index (χ0n) is 18.2. The van der Waals surface area contributed by atoms with E-state index in [0.29, 0.717) is 32.0 Å². The number of amides is 1. The number of likely N-dealkylation sites (tertiary alicyclic amines) is 1. The minimum Gasteiger partial charge on any atom is -0.376 e. The Morgan fingerprint density at radius 1 is 1.16 bits per heavy atom. The van der Waals surface area contributed by atoms with E-state index in [1.54, 1.807) is 12.3 Å². The molecule has 1 atom stereocenters. The molecule has 2 aliphatic heterocycles. The van der Waals surface area contributed by atoms with Gasteiger partial charge in [-0.05, 0) is 56.8 Å². The van der Waals surface area contributed by atoms with Crippen molar-refractivity contribution >= 4 is 5.91 Å². The molecule has 0 spiro atoms. The molecule has 2 aliphatic rings. The molecule has 1 unspecified atom stereocenters. The molecular formula is C24H33FN4O2. The molecule has 0 radical (unpaired) electrons. The molecule has 7 heteroatoms. The van der Waals surface area contributed by atoms with Crippen LogP contribution < -0.4 is 0 Å². The fourth-order valence-corrected chi connectivity index (χ4v) is 4.62. The lowest BCUT2D eigenvalue weighted by molar-refractivity contribution is -0.134. The maximum Gasteiger partial charge on any atom is 0.224 e. The van der Waals surface area contributed by atoms with Gasteiger partial charge in [0.15, 0.2) is 0 Å². The molecule has 0 saturated carbocycles. The van der Waals surface area contributed by atoms with Crippen LogP contribution in [0, 0.1) is 11.7 Å². The third-order valence-electron chi connectivity index (χ3n) is 6.45. The van der Waals surface area contributed by atoms with Crippen molar-refractivity contribution in [3.05, 3.63) is 54.1 Å². The van der Waals surface area contributed by atoms with Gasteiger partial charge >= 0.3 is 0 Å². The predicted octanol–water partition coefficient (Wildman–Crippen LogP) is 3.33. The maximum absolute atomic E-state index is 14.0. The van der Waals surface area contributed by atoms with Crippen LogP contribution in [0.15, 0.2) is 42.7 Å². The summed E-state index contributed by atoms with van der Waals surface area (Å²) in [5.74, 6) is 0.529. The lowest BCUT2D eigenvalue weighted by Gasteiger charge is -2.35. The van der Waals surface area contributed by atoms with Gasteiger partial charge in [-0.1, -0.05) is 18.2 Å². The summed E-state index contributed by atoms with van der Waals surface area (Å²) in [7, 11) is 0. The van der Waals surface area contributed by atoms with Crippen LogP contribution in [-0.2, 0) is 22.6 Å². The van der Waals surface area contributed by atoms with E-state index in [0.717, 1.165) is 57.5 Å². The van der Waals surface area contributed by atoms with Gasteiger partial charge in [0.25, 0.3) is 0 Å². The van der Waals surface area contributed by atoms with Crippen LogP contribution in [0.1, 0.15) is 37.7 Å². The summed E-state index contributed by atoms with van der Waals surface area (Å²) in [6.45, 7) is 5.41. The predicted molar refractivity (Wildman–Crippen MR) is 117 cm³/mol. The second-order valence-electron chi connectivity index (χ2n) is 8.76. The van der Waals surface area contributed by atoms with Crippen LogP contribution in [0.2, 0.25) is 0 Å². The molecule has 0 bridgehead atoms. The van der Waals surface area contributed by atoms with E-state index >= 15 is 0 Å². The Morgan fingerprint density at radius 3 is 2.71 bits per heavy atom. The van der Waals surface area contributed by atoms with Crippen LogP contribution in [0.4, 0.5) is 4.39 Å². The number of piperidine rings is 1. The fourth-order valence-electron chi connectivity index (χ4n) is 4.62. The lowest BCUT2D eigenvalue weighted by atomic mass is 9.95. The minimum atomic E-state index is -0.129. The van der Waals surface area contributed by atoms with Crippen molar-refractivity contribution in [1.82, 2.24) is 19.6 Å². The summed E-state index contributed by atoms with van der Waals surface area (Å²) in [6, 6.07) is 8.90. The molecular weight excluding hydrogens is 395 g/mol. The molecule has 4 rings (SSSR count). The van der Waals surface area contributed by atoms with E-state index in [2.05, 4.69) is 10.00 Å². The molecule has 6 nitrogen and oxygen atoms in total. The first-order valence-electron chi connectivity index (χ1n) is 11.5. The summed E-state index contributed by atoms with van der Waals surface area (Å²) in [5, 5.41) is 4.20. The number of halogens is 1. The van der Waals surface area contributed by atoms with Crippen molar-refractivity contribution in [1.29, 1.82) is 0 Å². The molecule has 2 fully saturated rings. The summed E-state index contributed by atoms with van der Waals surface area (Å²) in [6.07, 6.45) is 8.42. The average Bonchev–Trinajstić information content (AvgIpc) is 3.49. The third-order valence-corrected chi connectivity index (χ3v) is 6.45. The van der Waals surface area contributed by atoms with Gasteiger partial charge < -0.3 is 9.64 Å². The topological polar surface area (TPSA) is 50.6 Å². The second kappa shape index (κ2) is 10.9. The van der Waals surface area contributed by atoms with Crippen molar-refractivity contribution in [3.63, 3.8) is 0 Å². The van der Waals surface area contributed by atoms with Crippen LogP contribution >= 0.6 is 0 Å². The van der Waals surface area contributed by atoms with Crippen molar-refractivity contribution in [2.24, 2.45) is 5.92 Å². The second-order valence-corrected chi connectivity index (χ2v) is 8.76. The molecule has 0 N–H and O–H groups in total. The first kappa shape index (κ1) is 22.0. The van der Waals surface area contributed by atoms with Gasteiger partial charge in [-0.15, -0.1) is 0 Å². The Hall–Kier alpha value is -2.25. The van der Waals surface area contributed by atoms with E-state index in [1.165, 1.54) is 6.07 Å². The molecule has 2 aromatic rings. The molecule has 31 heavy (non-hydrogen) atoms. The van der Waals surface area contributed by atoms with E-state index in [1.807, 2.05) is 34.0 Å². The van der Waals surface area contributed by atoms with E-state index in [9.17, 15) is 9.18 Å². The van der Waals surface area contributed by atoms with Gasteiger partial charge in [-0.25, -0.2) is 4.39 Å². The molecule has 3 heterocycles. The number of rotatable bonds is 9. The molecule has 1 amide bonds. The van der Waals surface area contributed by atoms with Crippen molar-refractivity contribution in [2.75, 3.05) is 32.8 Å². The Bertz CT molecular complexity index is 815. The number of nitrogens with zero attached hydrogens (tertiary/aromatic N) is 4. The monoisotopic (exact) mass is 428 g/mol. The Labute approximate surface area is 184 Å². The number of carbonyl (C=O) groups is 1. The lowest BCUT2D eigenvalue weighted by Crippen LogP contribution is -2.43. The largest absolute Gasteiger partial charge is 0.376 e. The fraction of sp³-hybridized carbons (Fsp3) is 0.583. The summed E-state index contributed by atoms with van der Waals surface area (Å²) in [4.78, 5) is 17.4. The van der Waals surface area contributed by atoms with E-state index in [4.69, 9.17) is 4.74 Å². The zero-order valence-corrected chi connectivity index (χ0v) is 18.2. The minimum absolute atomic E-state index is 0.129. The SMILES string of the molecule is O=C(CCn1cccn1)N(CC1CCN(Cc2ccccc2F)CC1)CC1CCCO1. The first-order chi connectivity index (χ1) is 15.2. The van der Waals surface area contributed by atoms with Crippen LogP contribution in [0.5, 0.6) is 0 Å². The summed E-state index contributed by atoms with van der Waals surface area (Å²) < 4.78 is 21.6. The Morgan fingerprint density at radius 2 is 2.00 bits per heavy atom. The standard InChI is InChI=1S/C24H33FN4O2/c25-23-7-2-1-5-21(23)18-27-13-8-20(9-14-27)17-28(19-22-6-3-16-31-22)24(30)10-15-29-12-4-11-26-29/h1-2,4-5,7,11-12,20,22H,3,6,8-10,13-19H2. The number of carbonyl (C=O) groups excluding carboxylic acids is 1. The van der Waals surface area contributed by atoms with E-state index in [-0.39, 0.29) is 17.8 Å². The number of hydrogen-bond acceptors (Lipinski definition) is 4. The zero-order chi connectivity index (χ0) is 21.5. The van der Waals surface area contributed by atoms with Gasteiger partial charge in [0.05, 0.1) is 6.10 Å². The maximum atomic E-state index is 14.0. The van der Waals surface area contributed by atoms with Gasteiger partial charge in [0.2, 0.25) is 5.91 Å². The molecule has 168 valence electrons. The first-order valence-corrected chi connectivity index (χ1v) is 11.5. The molecule has 2 saturated heterocycles. The number of aromatic nitrogens is 2. The smallest absolute Gasteiger partial charge is 0.224 e. The molecule has 1 aromatic carbocycles. The average molecular weight is 429 g/mol. The Balaban J connectivity index is 1.29. The summed E-state index contributed by atoms with van der Waals surface area (Å²) in [5.41, 5.74) is 0.759. The molecule has 1 aromatic heterocycles. The molecule has 0 aliphatic carbocycles. The Kier molecular flexibility index (Phi) is 7.70.